The first-order valence-electron chi connectivity index (χ1n) is 10.4. The van der Waals surface area contributed by atoms with E-state index in [9.17, 15) is 9.59 Å². The van der Waals surface area contributed by atoms with Gasteiger partial charge in [0, 0.05) is 18.8 Å². The highest BCUT2D eigenvalue weighted by atomic mass is 32.1. The van der Waals surface area contributed by atoms with Gasteiger partial charge in [0.2, 0.25) is 0 Å². The fourth-order valence-electron chi connectivity index (χ4n) is 3.86. The van der Waals surface area contributed by atoms with E-state index in [1.807, 2.05) is 67.4 Å². The zero-order chi connectivity index (χ0) is 22.0. The van der Waals surface area contributed by atoms with Crippen LogP contribution in [0.4, 0.5) is 5.69 Å². The van der Waals surface area contributed by atoms with Gasteiger partial charge in [-0.25, -0.2) is 0 Å². The number of nitrogens with one attached hydrogen (secondary N) is 1. The number of ether oxygens (including phenoxy) is 1. The molecule has 0 bridgehead atoms. The normalized spacial score (nSPS) is 12.9. The van der Waals surface area contributed by atoms with E-state index in [1.165, 1.54) is 16.9 Å². The van der Waals surface area contributed by atoms with E-state index in [-0.39, 0.29) is 18.4 Å². The lowest BCUT2D eigenvalue weighted by molar-refractivity contribution is -0.118. The van der Waals surface area contributed by atoms with E-state index in [4.69, 9.17) is 4.74 Å². The van der Waals surface area contributed by atoms with Gasteiger partial charge in [-0.3, -0.25) is 9.59 Å². The summed E-state index contributed by atoms with van der Waals surface area (Å²) in [5.74, 6) is 0.592. The number of fused-ring (bicyclic) bond motifs is 1. The number of carbonyl (C=O) groups excluding carboxylic acids is 2. The summed E-state index contributed by atoms with van der Waals surface area (Å²) in [5.41, 5.74) is 6.30. The van der Waals surface area contributed by atoms with Crippen molar-refractivity contribution >= 4 is 28.8 Å². The van der Waals surface area contributed by atoms with Crippen molar-refractivity contribution < 1.29 is 14.3 Å². The van der Waals surface area contributed by atoms with E-state index in [1.54, 1.807) is 0 Å². The third kappa shape index (κ3) is 4.80. The Labute approximate surface area is 186 Å². The average Bonchev–Trinajstić information content (AvgIpc) is 3.29. The second-order valence-corrected chi connectivity index (χ2v) is 8.93. The van der Waals surface area contributed by atoms with E-state index >= 15 is 0 Å². The van der Waals surface area contributed by atoms with Crippen molar-refractivity contribution in [2.45, 2.75) is 33.7 Å². The molecule has 1 aliphatic heterocycles. The van der Waals surface area contributed by atoms with Gasteiger partial charge in [0.15, 0.2) is 6.61 Å². The van der Waals surface area contributed by atoms with E-state index in [0.717, 1.165) is 45.0 Å². The monoisotopic (exact) mass is 434 g/mol. The number of amides is 2. The first-order valence-corrected chi connectivity index (χ1v) is 11.2. The molecule has 1 aliphatic rings. The largest absolute Gasteiger partial charge is 0.483 e. The predicted molar refractivity (Wildman–Crippen MR) is 124 cm³/mol. The van der Waals surface area contributed by atoms with E-state index in [2.05, 4.69) is 11.4 Å². The summed E-state index contributed by atoms with van der Waals surface area (Å²) < 4.78 is 5.77. The van der Waals surface area contributed by atoms with Crippen LogP contribution in [0.1, 0.15) is 37.5 Å². The Hall–Kier alpha value is -3.12. The number of carbonyl (C=O) groups is 2. The molecule has 0 unspecified atom stereocenters. The van der Waals surface area contributed by atoms with Crippen molar-refractivity contribution in [2.24, 2.45) is 0 Å². The summed E-state index contributed by atoms with van der Waals surface area (Å²) in [6.07, 6.45) is 0.815. The zero-order valence-corrected chi connectivity index (χ0v) is 18.8. The van der Waals surface area contributed by atoms with Gasteiger partial charge in [-0.1, -0.05) is 18.2 Å². The molecule has 0 aliphatic carbocycles. The fraction of sp³-hybridized carbons (Fsp3) is 0.280. The van der Waals surface area contributed by atoms with Crippen LogP contribution < -0.4 is 10.1 Å². The van der Waals surface area contributed by atoms with Gasteiger partial charge in [0.1, 0.15) is 5.75 Å². The van der Waals surface area contributed by atoms with Crippen LogP contribution in [0.25, 0.3) is 0 Å². The quantitative estimate of drug-likeness (QED) is 0.622. The lowest BCUT2D eigenvalue weighted by Gasteiger charge is -2.29. The third-order valence-corrected chi connectivity index (χ3v) is 6.50. The summed E-state index contributed by atoms with van der Waals surface area (Å²) in [6, 6.07) is 13.7. The lowest BCUT2D eigenvalue weighted by atomic mass is 9.99. The summed E-state index contributed by atoms with van der Waals surface area (Å²) in [6.45, 7) is 7.25. The van der Waals surface area contributed by atoms with Crippen molar-refractivity contribution in [3.63, 3.8) is 0 Å². The number of rotatable bonds is 5. The highest BCUT2D eigenvalue weighted by Gasteiger charge is 2.22. The van der Waals surface area contributed by atoms with Crippen molar-refractivity contribution in [1.82, 2.24) is 4.90 Å². The Balaban J connectivity index is 1.40. The van der Waals surface area contributed by atoms with Crippen LogP contribution in [0, 0.1) is 20.8 Å². The van der Waals surface area contributed by atoms with Crippen molar-refractivity contribution in [1.29, 1.82) is 0 Å². The maximum absolute atomic E-state index is 12.7. The minimum absolute atomic E-state index is 0.0518. The van der Waals surface area contributed by atoms with Crippen LogP contribution in [0.2, 0.25) is 0 Å². The molecule has 0 atom stereocenters. The second-order valence-electron chi connectivity index (χ2n) is 7.98. The molecule has 3 aromatic rings. The Morgan fingerprint density at radius 3 is 2.71 bits per heavy atom. The molecular weight excluding hydrogens is 408 g/mol. The SMILES string of the molecule is Cc1cc(C)c(C)c(OCC(=O)Nc2ccc3c(c2)CN(C(=O)c2cccs2)CC3)c1. The summed E-state index contributed by atoms with van der Waals surface area (Å²) in [7, 11) is 0. The first kappa shape index (κ1) is 21.1. The standard InChI is InChI=1S/C25H26N2O3S/c1-16-11-17(2)18(3)22(12-16)30-15-24(28)26-21-7-6-19-8-9-27(14-20(19)13-21)25(29)23-5-4-10-31-23/h4-7,10-13H,8-9,14-15H2,1-3H3,(H,26,28). The molecule has 2 heterocycles. The van der Waals surface area contributed by atoms with Gasteiger partial charge in [-0.2, -0.15) is 0 Å². The smallest absolute Gasteiger partial charge is 0.264 e. The number of benzene rings is 2. The topological polar surface area (TPSA) is 58.6 Å². The minimum atomic E-state index is -0.208. The molecule has 4 rings (SSSR count). The lowest BCUT2D eigenvalue weighted by Crippen LogP contribution is -2.35. The fourth-order valence-corrected chi connectivity index (χ4v) is 4.55. The van der Waals surface area contributed by atoms with E-state index in [0.29, 0.717) is 13.1 Å². The molecule has 0 spiro atoms. The molecule has 0 fully saturated rings. The van der Waals surface area contributed by atoms with Gasteiger partial charge in [-0.05, 0) is 84.7 Å². The van der Waals surface area contributed by atoms with Crippen LogP contribution in [-0.2, 0) is 17.8 Å². The van der Waals surface area contributed by atoms with Crippen molar-refractivity contribution in [3.05, 3.63) is 80.5 Å². The number of nitrogens with zero attached hydrogens (tertiary/aromatic N) is 1. The summed E-state index contributed by atoms with van der Waals surface area (Å²) in [4.78, 5) is 27.8. The van der Waals surface area contributed by atoms with Gasteiger partial charge in [0.25, 0.3) is 11.8 Å². The Morgan fingerprint density at radius 1 is 1.10 bits per heavy atom. The van der Waals surface area contributed by atoms with Crippen LogP contribution >= 0.6 is 11.3 Å². The number of thiophene rings is 1. The number of hydrogen-bond acceptors (Lipinski definition) is 4. The number of anilines is 1. The van der Waals surface area contributed by atoms with Crippen molar-refractivity contribution in [2.75, 3.05) is 18.5 Å². The predicted octanol–water partition coefficient (Wildman–Crippen LogP) is 4.89. The minimum Gasteiger partial charge on any atom is -0.483 e. The Kier molecular flexibility index (Phi) is 6.09. The van der Waals surface area contributed by atoms with Crippen molar-refractivity contribution in [3.8, 4) is 5.75 Å². The molecule has 0 saturated carbocycles. The van der Waals surface area contributed by atoms with Crippen LogP contribution in [0.5, 0.6) is 5.75 Å². The molecule has 6 heteroatoms. The highest BCUT2D eigenvalue weighted by molar-refractivity contribution is 7.12. The van der Waals surface area contributed by atoms with Gasteiger partial charge >= 0.3 is 0 Å². The molecule has 160 valence electrons. The molecule has 1 aromatic heterocycles. The number of aryl methyl sites for hydroxylation is 2. The van der Waals surface area contributed by atoms with Gasteiger partial charge in [0.05, 0.1) is 4.88 Å². The second kappa shape index (κ2) is 8.94. The summed E-state index contributed by atoms with van der Waals surface area (Å²) >= 11 is 1.46. The van der Waals surface area contributed by atoms with Gasteiger partial charge < -0.3 is 15.0 Å². The van der Waals surface area contributed by atoms with Crippen LogP contribution in [-0.4, -0.2) is 29.9 Å². The summed E-state index contributed by atoms with van der Waals surface area (Å²) in [5, 5.41) is 4.83. The molecular formula is C25H26N2O3S. The van der Waals surface area contributed by atoms with Crippen LogP contribution in [0.3, 0.4) is 0 Å². The van der Waals surface area contributed by atoms with Gasteiger partial charge in [-0.15, -0.1) is 11.3 Å². The molecule has 2 aromatic carbocycles. The average molecular weight is 435 g/mol. The molecule has 31 heavy (non-hydrogen) atoms. The molecule has 0 radical (unpaired) electrons. The third-order valence-electron chi connectivity index (χ3n) is 5.64. The molecule has 0 saturated heterocycles. The maximum Gasteiger partial charge on any atom is 0.264 e. The maximum atomic E-state index is 12.7. The molecule has 2 amide bonds. The Bertz CT molecular complexity index is 1120. The molecule has 5 nitrogen and oxygen atoms in total. The zero-order valence-electron chi connectivity index (χ0n) is 18.0. The van der Waals surface area contributed by atoms with E-state index < -0.39 is 0 Å². The first-order chi connectivity index (χ1) is 14.9. The van der Waals surface area contributed by atoms with Crippen LogP contribution in [0.15, 0.2) is 47.8 Å². The number of hydrogen-bond donors (Lipinski definition) is 1. The molecule has 1 N–H and O–H groups in total. The Morgan fingerprint density at radius 2 is 1.94 bits per heavy atom. The highest BCUT2D eigenvalue weighted by Crippen LogP contribution is 2.26.